The van der Waals surface area contributed by atoms with Gasteiger partial charge in [-0.2, -0.15) is 0 Å². The van der Waals surface area contributed by atoms with E-state index in [2.05, 4.69) is 28.7 Å². The Balaban J connectivity index is 1.48. The Morgan fingerprint density at radius 2 is 2.09 bits per heavy atom. The number of hydrogen-bond acceptors (Lipinski definition) is 4. The van der Waals surface area contributed by atoms with Crippen LogP contribution in [0.2, 0.25) is 0 Å². The first kappa shape index (κ1) is 16.0. The van der Waals surface area contributed by atoms with E-state index in [1.54, 1.807) is 0 Å². The summed E-state index contributed by atoms with van der Waals surface area (Å²) in [7, 11) is -3.08. The predicted molar refractivity (Wildman–Crippen MR) is 86.1 cm³/mol. The van der Waals surface area contributed by atoms with Crippen molar-refractivity contribution in [3.63, 3.8) is 0 Å². The van der Waals surface area contributed by atoms with Crippen LogP contribution in [0.4, 0.5) is 0 Å². The molecule has 2 saturated carbocycles. The van der Waals surface area contributed by atoms with E-state index in [4.69, 9.17) is 4.42 Å². The van der Waals surface area contributed by atoms with Gasteiger partial charge in [0, 0.05) is 25.0 Å². The molecule has 0 aliphatic heterocycles. The van der Waals surface area contributed by atoms with E-state index < -0.39 is 10.0 Å². The smallest absolute Gasteiger partial charge is 0.208 e. The Bertz CT molecular complexity index is 607. The minimum Gasteiger partial charge on any atom is -0.464 e. The molecule has 22 heavy (non-hydrogen) atoms. The van der Waals surface area contributed by atoms with Crippen LogP contribution in [-0.4, -0.2) is 38.7 Å². The van der Waals surface area contributed by atoms with E-state index in [-0.39, 0.29) is 0 Å². The Kier molecular flexibility index (Phi) is 4.61. The maximum absolute atomic E-state index is 11.1. The van der Waals surface area contributed by atoms with Gasteiger partial charge in [-0.15, -0.1) is 0 Å². The zero-order valence-corrected chi connectivity index (χ0v) is 14.2. The van der Waals surface area contributed by atoms with Crippen LogP contribution in [0, 0.1) is 5.92 Å². The minimum atomic E-state index is -3.08. The fraction of sp³-hybridized carbons (Fsp3) is 0.750. The summed E-state index contributed by atoms with van der Waals surface area (Å²) >= 11 is 0. The number of nitrogens with zero attached hydrogens (tertiary/aromatic N) is 1. The highest BCUT2D eigenvalue weighted by molar-refractivity contribution is 7.88. The second-order valence-electron chi connectivity index (χ2n) is 6.85. The van der Waals surface area contributed by atoms with Gasteiger partial charge in [0.15, 0.2) is 0 Å². The van der Waals surface area contributed by atoms with Crippen LogP contribution in [0.15, 0.2) is 16.5 Å². The minimum absolute atomic E-state index is 0.505. The number of furan rings is 1. The van der Waals surface area contributed by atoms with E-state index in [0.717, 1.165) is 36.9 Å². The van der Waals surface area contributed by atoms with Gasteiger partial charge in [-0.25, -0.2) is 13.1 Å². The van der Waals surface area contributed by atoms with Crippen molar-refractivity contribution < 1.29 is 12.8 Å². The molecule has 0 unspecified atom stereocenters. The Hall–Kier alpha value is -0.850. The van der Waals surface area contributed by atoms with Gasteiger partial charge in [-0.1, -0.05) is 6.92 Å². The highest BCUT2D eigenvalue weighted by atomic mass is 32.2. The van der Waals surface area contributed by atoms with E-state index in [0.29, 0.717) is 18.5 Å². The monoisotopic (exact) mass is 326 g/mol. The van der Waals surface area contributed by atoms with Crippen molar-refractivity contribution in [1.29, 1.82) is 0 Å². The molecule has 1 heterocycles. The zero-order chi connectivity index (χ0) is 15.7. The highest BCUT2D eigenvalue weighted by Crippen LogP contribution is 2.47. The lowest BCUT2D eigenvalue weighted by molar-refractivity contribution is 0.229. The molecule has 0 bridgehead atoms. The number of nitrogens with one attached hydrogen (secondary N) is 1. The third-order valence-corrected chi connectivity index (χ3v) is 5.29. The molecular formula is C16H26N2O3S. The molecule has 1 N–H and O–H groups in total. The zero-order valence-electron chi connectivity index (χ0n) is 13.4. The van der Waals surface area contributed by atoms with E-state index >= 15 is 0 Å². The molecule has 2 aliphatic carbocycles. The average Bonchev–Trinajstić information content (AvgIpc) is 3.34. The molecule has 2 fully saturated rings. The Morgan fingerprint density at radius 1 is 1.36 bits per heavy atom. The molecule has 2 aliphatic rings. The molecule has 0 saturated heterocycles. The van der Waals surface area contributed by atoms with Crippen molar-refractivity contribution in [3.05, 3.63) is 23.7 Å². The molecule has 0 radical (unpaired) electrons. The number of rotatable bonds is 9. The lowest BCUT2D eigenvalue weighted by atomic mass is 10.3. The van der Waals surface area contributed by atoms with Crippen LogP contribution >= 0.6 is 0 Å². The number of hydrogen-bond donors (Lipinski definition) is 1. The van der Waals surface area contributed by atoms with Crippen molar-refractivity contribution in [1.82, 2.24) is 9.62 Å². The molecule has 2 atom stereocenters. The third kappa shape index (κ3) is 4.57. The summed E-state index contributed by atoms with van der Waals surface area (Å²) in [5, 5.41) is 0. The van der Waals surface area contributed by atoms with Crippen LogP contribution < -0.4 is 4.72 Å². The van der Waals surface area contributed by atoms with E-state index in [1.807, 2.05) is 0 Å². The van der Waals surface area contributed by atoms with Crippen LogP contribution in [0.25, 0.3) is 0 Å². The fourth-order valence-corrected chi connectivity index (χ4v) is 3.48. The second kappa shape index (κ2) is 6.34. The first-order valence-electron chi connectivity index (χ1n) is 8.19. The highest BCUT2D eigenvalue weighted by Gasteiger charge is 2.37. The summed E-state index contributed by atoms with van der Waals surface area (Å²) in [4.78, 5) is 2.42. The van der Waals surface area contributed by atoms with Gasteiger partial charge in [-0.3, -0.25) is 4.90 Å². The molecule has 6 heteroatoms. The molecule has 3 rings (SSSR count). The predicted octanol–water partition coefficient (Wildman–Crippen LogP) is 2.31. The molecule has 1 aromatic heterocycles. The summed E-state index contributed by atoms with van der Waals surface area (Å²) in [6.07, 6.45) is 5.77. The third-order valence-electron chi connectivity index (χ3n) is 4.57. The summed E-state index contributed by atoms with van der Waals surface area (Å²) in [6, 6.07) is 4.87. The molecule has 0 spiro atoms. The van der Waals surface area contributed by atoms with Gasteiger partial charge in [0.25, 0.3) is 0 Å². The summed E-state index contributed by atoms with van der Waals surface area (Å²) < 4.78 is 30.7. The normalized spacial score (nSPS) is 24.9. The maximum Gasteiger partial charge on any atom is 0.208 e. The van der Waals surface area contributed by atoms with Crippen LogP contribution in [0.5, 0.6) is 0 Å². The van der Waals surface area contributed by atoms with Crippen LogP contribution in [-0.2, 0) is 16.6 Å². The van der Waals surface area contributed by atoms with E-state index in [1.165, 1.54) is 25.5 Å². The van der Waals surface area contributed by atoms with Crippen LogP contribution in [0.1, 0.15) is 50.0 Å². The SMILES string of the molecule is C[C@@H]1C[C@@H]1c1ccc(CN(CCCNS(C)(=O)=O)C2CC2)o1. The Morgan fingerprint density at radius 3 is 2.68 bits per heavy atom. The molecule has 5 nitrogen and oxygen atoms in total. The summed E-state index contributed by atoms with van der Waals surface area (Å²) in [5.74, 6) is 3.57. The van der Waals surface area contributed by atoms with Crippen molar-refractivity contribution in [2.75, 3.05) is 19.3 Å². The summed E-state index contributed by atoms with van der Waals surface area (Å²) in [5.41, 5.74) is 0. The van der Waals surface area contributed by atoms with Crippen LogP contribution in [0.3, 0.4) is 0 Å². The van der Waals surface area contributed by atoms with Gasteiger partial charge in [0.05, 0.1) is 12.8 Å². The molecular weight excluding hydrogens is 300 g/mol. The van der Waals surface area contributed by atoms with Gasteiger partial charge in [0.2, 0.25) is 10.0 Å². The Labute approximate surface area is 133 Å². The molecule has 1 aromatic rings. The fourth-order valence-electron chi connectivity index (χ4n) is 2.97. The van der Waals surface area contributed by atoms with Gasteiger partial charge >= 0.3 is 0 Å². The lowest BCUT2D eigenvalue weighted by Gasteiger charge is -2.20. The van der Waals surface area contributed by atoms with E-state index in [9.17, 15) is 8.42 Å². The quantitative estimate of drug-likeness (QED) is 0.707. The van der Waals surface area contributed by atoms with Crippen molar-refractivity contribution in [2.45, 2.75) is 51.1 Å². The lowest BCUT2D eigenvalue weighted by Crippen LogP contribution is -2.30. The summed E-state index contributed by atoms with van der Waals surface area (Å²) in [6.45, 7) is 4.51. The van der Waals surface area contributed by atoms with Gasteiger partial charge in [-0.05, 0) is 43.7 Å². The van der Waals surface area contributed by atoms with Crippen molar-refractivity contribution >= 4 is 10.0 Å². The topological polar surface area (TPSA) is 62.6 Å². The van der Waals surface area contributed by atoms with Gasteiger partial charge < -0.3 is 4.42 Å². The van der Waals surface area contributed by atoms with Crippen molar-refractivity contribution in [3.8, 4) is 0 Å². The van der Waals surface area contributed by atoms with Crippen molar-refractivity contribution in [2.24, 2.45) is 5.92 Å². The average molecular weight is 326 g/mol. The first-order chi connectivity index (χ1) is 10.4. The second-order valence-corrected chi connectivity index (χ2v) is 8.68. The first-order valence-corrected chi connectivity index (χ1v) is 10.1. The molecule has 0 amide bonds. The molecule has 124 valence electrons. The standard InChI is InChI=1S/C16H26N2O3S/c1-12-10-15(12)16-7-6-14(21-16)11-18(13-4-5-13)9-3-8-17-22(2,19)20/h6-7,12-13,15,17H,3-5,8-11H2,1-2H3/t12-,15+/m1/s1. The molecule has 0 aromatic carbocycles. The largest absolute Gasteiger partial charge is 0.464 e. The van der Waals surface area contributed by atoms with Gasteiger partial charge in [0.1, 0.15) is 11.5 Å². The maximum atomic E-state index is 11.1. The number of sulfonamides is 1.